The predicted molar refractivity (Wildman–Crippen MR) is 242 cm³/mol. The molecule has 0 radical (unpaired) electrons. The van der Waals surface area contributed by atoms with Crippen LogP contribution in [-0.4, -0.2) is 70.4 Å². The van der Waals surface area contributed by atoms with Gasteiger partial charge in [0.2, 0.25) is 10.0 Å². The molecule has 4 aliphatic carbocycles. The van der Waals surface area contributed by atoms with Crippen LogP contribution in [0.4, 0.5) is 0 Å². The maximum absolute atomic E-state index is 14.9. The van der Waals surface area contributed by atoms with Gasteiger partial charge in [-0.25, -0.2) is 8.42 Å². The van der Waals surface area contributed by atoms with Crippen molar-refractivity contribution >= 4 is 16.0 Å². The summed E-state index contributed by atoms with van der Waals surface area (Å²) in [6.45, 7) is 26.5. The second kappa shape index (κ2) is 16.5. The van der Waals surface area contributed by atoms with Crippen molar-refractivity contribution in [1.29, 1.82) is 0 Å². The largest absolute Gasteiger partial charge is 0.461 e. The fourth-order valence-corrected chi connectivity index (χ4v) is 15.5. The van der Waals surface area contributed by atoms with Crippen LogP contribution in [0.2, 0.25) is 0 Å². The fourth-order valence-electron chi connectivity index (χ4n) is 13.9. The third-order valence-electron chi connectivity index (χ3n) is 18.8. The number of hydrogen-bond donors (Lipinski definition) is 0. The lowest BCUT2D eigenvalue weighted by Crippen LogP contribution is -2.70. The number of benzene rings is 2. The highest BCUT2D eigenvalue weighted by Gasteiger charge is 2.72. The second-order valence-electron chi connectivity index (χ2n) is 22.1. The quantitative estimate of drug-likeness (QED) is 0.146. The van der Waals surface area contributed by atoms with Gasteiger partial charge in [0.05, 0.1) is 48.4 Å². The number of carbonyl (C=O) groups excluding carboxylic acids is 1. The lowest BCUT2D eigenvalue weighted by Gasteiger charge is -2.71. The maximum atomic E-state index is 14.9. The Hall–Kier alpha value is -2.56. The molecule has 8 nitrogen and oxygen atoms in total. The fraction of sp³-hybridized carbons (Fsp3) is 0.712. The number of allylic oxidation sites excluding steroid dienone is 1. The van der Waals surface area contributed by atoms with Gasteiger partial charge in [0.15, 0.2) is 0 Å². The van der Waals surface area contributed by atoms with Gasteiger partial charge in [0.25, 0.3) is 0 Å². The maximum Gasteiger partial charge on any atom is 0.310 e. The number of nitrogens with zero attached hydrogens (tertiary/aromatic N) is 1. The Labute approximate surface area is 369 Å². The number of fused-ring (bicyclic) bond motifs is 3. The minimum Gasteiger partial charge on any atom is -0.461 e. The summed E-state index contributed by atoms with van der Waals surface area (Å²) in [5, 5.41) is 0. The average molecular weight is 860 g/mol. The second-order valence-corrected chi connectivity index (χ2v) is 24.1. The Kier molecular flexibility index (Phi) is 12.5. The highest BCUT2D eigenvalue weighted by atomic mass is 32.2. The highest BCUT2D eigenvalue weighted by molar-refractivity contribution is 7.89. The number of rotatable bonds is 13. The molecule has 1 aliphatic heterocycles. The summed E-state index contributed by atoms with van der Waals surface area (Å²) in [7, 11) is -0.293. The summed E-state index contributed by atoms with van der Waals surface area (Å²) >= 11 is 0. The van der Waals surface area contributed by atoms with Crippen LogP contribution in [0.25, 0.3) is 0 Å². The van der Waals surface area contributed by atoms with Gasteiger partial charge in [0, 0.05) is 25.0 Å². The minimum absolute atomic E-state index is 0.0324. The van der Waals surface area contributed by atoms with E-state index < -0.39 is 15.6 Å². The third-order valence-corrected chi connectivity index (χ3v) is 20.8. The van der Waals surface area contributed by atoms with Crippen molar-refractivity contribution < 1.29 is 32.2 Å². The Balaban J connectivity index is 1.21. The number of carbonyl (C=O) groups is 1. The van der Waals surface area contributed by atoms with Gasteiger partial charge in [-0.2, -0.15) is 4.31 Å². The Morgan fingerprint density at radius 2 is 1.61 bits per heavy atom. The molecule has 4 fully saturated rings. The molecule has 0 unspecified atom stereocenters. The summed E-state index contributed by atoms with van der Waals surface area (Å²) in [6, 6.07) is 17.2. The van der Waals surface area contributed by atoms with Crippen molar-refractivity contribution in [2.45, 2.75) is 144 Å². The van der Waals surface area contributed by atoms with Crippen LogP contribution >= 0.6 is 0 Å². The number of methoxy groups -OCH3 is 1. The van der Waals surface area contributed by atoms with E-state index in [1.807, 2.05) is 63.4 Å². The highest BCUT2D eigenvalue weighted by Crippen LogP contribution is 2.75. The first kappa shape index (κ1) is 46.4. The van der Waals surface area contributed by atoms with Gasteiger partial charge in [0.1, 0.15) is 6.61 Å². The predicted octanol–water partition coefficient (Wildman–Crippen LogP) is 10.7. The molecule has 0 spiro atoms. The number of hydrogen-bond acceptors (Lipinski definition) is 7. The Bertz CT molecular complexity index is 2050. The van der Waals surface area contributed by atoms with E-state index in [1.54, 1.807) is 19.2 Å². The topological polar surface area (TPSA) is 91.4 Å². The summed E-state index contributed by atoms with van der Waals surface area (Å²) in [5.74, 6) is 1.05. The van der Waals surface area contributed by atoms with Gasteiger partial charge in [-0.05, 0) is 116 Å². The number of likely N-dealkylation sites (N-methyl/N-ethyl adjacent to an activating group) is 1. The minimum atomic E-state index is -3.80. The van der Waals surface area contributed by atoms with Gasteiger partial charge >= 0.3 is 5.97 Å². The van der Waals surface area contributed by atoms with E-state index >= 15 is 0 Å². The van der Waals surface area contributed by atoms with E-state index in [4.69, 9.17) is 18.9 Å². The van der Waals surface area contributed by atoms with Crippen molar-refractivity contribution in [3.63, 3.8) is 0 Å². The number of sulfonamides is 1. The molecule has 12 atom stereocenters. The van der Waals surface area contributed by atoms with Crippen molar-refractivity contribution in [2.24, 2.45) is 62.6 Å². The molecule has 3 saturated carbocycles. The molecule has 0 amide bonds. The van der Waals surface area contributed by atoms with Gasteiger partial charge in [-0.3, -0.25) is 4.79 Å². The molecular weight excluding hydrogens is 783 g/mol. The molecule has 7 rings (SSSR count). The molecule has 1 heterocycles. The molecule has 338 valence electrons. The summed E-state index contributed by atoms with van der Waals surface area (Å²) in [5.41, 5.74) is 1.50. The van der Waals surface area contributed by atoms with Crippen LogP contribution in [0.15, 0.2) is 71.1 Å². The van der Waals surface area contributed by atoms with Crippen LogP contribution < -0.4 is 0 Å². The van der Waals surface area contributed by atoms with Crippen LogP contribution in [0.1, 0.15) is 119 Å². The number of esters is 1. The molecular formula is C52H77NO7S. The zero-order chi connectivity index (χ0) is 44.6. The van der Waals surface area contributed by atoms with E-state index in [0.717, 1.165) is 49.7 Å². The van der Waals surface area contributed by atoms with Crippen LogP contribution in [0.3, 0.4) is 0 Å². The smallest absolute Gasteiger partial charge is 0.310 e. The molecule has 0 N–H and O–H groups in total. The van der Waals surface area contributed by atoms with Gasteiger partial charge in [-0.15, -0.1) is 0 Å². The van der Waals surface area contributed by atoms with E-state index in [0.29, 0.717) is 36.9 Å². The monoisotopic (exact) mass is 860 g/mol. The van der Waals surface area contributed by atoms with E-state index in [1.165, 1.54) is 9.88 Å². The summed E-state index contributed by atoms with van der Waals surface area (Å²) in [6.07, 6.45) is 7.80. The molecule has 9 heteroatoms. The first-order chi connectivity index (χ1) is 28.6. The molecule has 2 aromatic rings. The third kappa shape index (κ3) is 7.21. The summed E-state index contributed by atoms with van der Waals surface area (Å²) in [4.78, 5) is 15.1. The normalized spacial score (nSPS) is 37.6. The van der Waals surface area contributed by atoms with Crippen LogP contribution in [0.5, 0.6) is 0 Å². The molecule has 1 saturated heterocycles. The SMILES string of the molecule is CO[C@@H]1C[C@@]23COC[C@](C)([C@@H]2CC[C@H]2C3=CC[C@@]3(C)[C@H](C(=O)OCc4ccccc4)[C@@](C)([C@H](C)C(C)C)CC[C@]23C)[C@H]1OC[C@@](C)(C(C)C)N(C)S(=O)(=O)c1ccc(C)cc1. The van der Waals surface area contributed by atoms with Crippen molar-refractivity contribution in [2.75, 3.05) is 34.0 Å². The lowest BCUT2D eigenvalue weighted by molar-refractivity contribution is -0.271. The number of ether oxygens (including phenoxy) is 4. The summed E-state index contributed by atoms with van der Waals surface area (Å²) < 4.78 is 56.6. The van der Waals surface area contributed by atoms with Crippen molar-refractivity contribution in [1.82, 2.24) is 4.31 Å². The first-order valence-electron chi connectivity index (χ1n) is 23.3. The molecule has 2 aromatic carbocycles. The zero-order valence-electron chi connectivity index (χ0n) is 39.7. The average Bonchev–Trinajstić information content (AvgIpc) is 3.22. The molecule has 61 heavy (non-hydrogen) atoms. The Morgan fingerprint density at radius 3 is 2.23 bits per heavy atom. The van der Waals surface area contributed by atoms with Gasteiger partial charge < -0.3 is 18.9 Å². The zero-order valence-corrected chi connectivity index (χ0v) is 40.5. The van der Waals surface area contributed by atoms with Crippen molar-refractivity contribution in [3.05, 3.63) is 77.4 Å². The number of aryl methyl sites for hydroxylation is 1. The van der Waals surface area contributed by atoms with E-state index in [9.17, 15) is 13.2 Å². The van der Waals surface area contributed by atoms with Crippen LogP contribution in [-0.2, 0) is 40.4 Å². The van der Waals surface area contributed by atoms with Gasteiger partial charge in [-0.1, -0.05) is 122 Å². The lowest BCUT2D eigenvalue weighted by atomic mass is 9.34. The molecule has 2 bridgehead atoms. The Morgan fingerprint density at radius 1 is 0.934 bits per heavy atom. The van der Waals surface area contributed by atoms with E-state index in [2.05, 4.69) is 68.4 Å². The first-order valence-corrected chi connectivity index (χ1v) is 24.7. The molecule has 0 aromatic heterocycles. The standard InChI is InChI=1S/C52H77NO7S/c1-34(2)37(6)47(7)27-28-49(9)40-23-24-43-48(8)31-58-33-52(43,41(40)25-26-50(49,10)44(47)46(54)59-30-38-17-15-14-16-18-38)29-42(57-13)45(48)60-32-51(11,35(3)4)53(12)61(55,56)39-21-19-36(5)20-22-39/h14-22,25,34-35,37,40,42-45H,23-24,26-33H2,1-13H3/t37-,40+,42-,43+,44-,45+,47-,48-,49-,50+,51+,52+/m1/s1. The van der Waals surface area contributed by atoms with E-state index in [-0.39, 0.29) is 75.2 Å². The molecule has 5 aliphatic rings. The van der Waals surface area contributed by atoms with Crippen molar-refractivity contribution in [3.8, 4) is 0 Å². The van der Waals surface area contributed by atoms with Crippen LogP contribution in [0, 0.1) is 69.5 Å².